The number of anilines is 1. The van der Waals surface area contributed by atoms with Crippen molar-refractivity contribution in [1.29, 1.82) is 0 Å². The number of piperidine rings is 1. The first-order valence-electron chi connectivity index (χ1n) is 13.1. The lowest BCUT2D eigenvalue weighted by atomic mass is 9.74. The van der Waals surface area contributed by atoms with Gasteiger partial charge in [0.15, 0.2) is 17.4 Å². The molecule has 1 aliphatic rings. The number of aliphatic hydroxyl groups is 2. The van der Waals surface area contributed by atoms with Crippen molar-refractivity contribution in [3.05, 3.63) is 59.5 Å². The number of hydrogen-bond acceptors (Lipinski definition) is 7. The quantitative estimate of drug-likeness (QED) is 0.361. The highest BCUT2D eigenvalue weighted by Gasteiger charge is 2.35. The summed E-state index contributed by atoms with van der Waals surface area (Å²) in [6.45, 7) is 1.84. The van der Waals surface area contributed by atoms with Gasteiger partial charge in [-0.15, -0.1) is 0 Å². The zero-order valence-corrected chi connectivity index (χ0v) is 22.6. The smallest absolute Gasteiger partial charge is 0.190 e. The number of hydrogen-bond donors (Lipinski definition) is 2. The molecule has 0 radical (unpaired) electrons. The fraction of sp³-hybridized carbons (Fsp3) is 0.483. The first-order valence-corrected chi connectivity index (χ1v) is 13.1. The van der Waals surface area contributed by atoms with Crippen molar-refractivity contribution < 1.29 is 32.9 Å². The number of fused-ring (bicyclic) bond motifs is 1. The van der Waals surface area contributed by atoms with Crippen LogP contribution in [-0.2, 0) is 0 Å². The second kappa shape index (κ2) is 12.4. The zero-order valence-electron chi connectivity index (χ0n) is 22.6. The van der Waals surface area contributed by atoms with Gasteiger partial charge in [0.2, 0.25) is 0 Å². The number of halogens is 3. The minimum absolute atomic E-state index is 0.00150. The Morgan fingerprint density at radius 1 is 1.10 bits per heavy atom. The van der Waals surface area contributed by atoms with E-state index in [1.54, 1.807) is 13.3 Å². The molecule has 0 amide bonds. The summed E-state index contributed by atoms with van der Waals surface area (Å²) in [6, 6.07) is 6.79. The van der Waals surface area contributed by atoms with Crippen molar-refractivity contribution in [3.63, 3.8) is 0 Å². The number of likely N-dealkylation sites (tertiary alicyclic amines) is 1. The molecule has 1 saturated heterocycles. The Morgan fingerprint density at radius 3 is 2.41 bits per heavy atom. The van der Waals surface area contributed by atoms with Gasteiger partial charge in [0, 0.05) is 50.3 Å². The maximum absolute atomic E-state index is 13.8. The molecule has 39 heavy (non-hydrogen) atoms. The number of aliphatic hydroxyl groups excluding tert-OH is 2. The Labute approximate surface area is 226 Å². The largest absolute Gasteiger partial charge is 0.497 e. The van der Waals surface area contributed by atoms with Crippen LogP contribution in [0.4, 0.5) is 18.9 Å². The Hall–Kier alpha value is -3.08. The first kappa shape index (κ1) is 28.9. The van der Waals surface area contributed by atoms with Gasteiger partial charge in [-0.25, -0.2) is 13.2 Å². The molecule has 1 aliphatic heterocycles. The highest BCUT2D eigenvalue weighted by atomic mass is 19.1. The highest BCUT2D eigenvalue weighted by Crippen LogP contribution is 2.41. The van der Waals surface area contributed by atoms with Crippen LogP contribution in [0.3, 0.4) is 0 Å². The predicted molar refractivity (Wildman–Crippen MR) is 144 cm³/mol. The maximum Gasteiger partial charge on any atom is 0.190 e. The lowest BCUT2D eigenvalue weighted by Crippen LogP contribution is -2.43. The highest BCUT2D eigenvalue weighted by molar-refractivity contribution is 5.88. The molecule has 1 fully saturated rings. The predicted octanol–water partition coefficient (Wildman–Crippen LogP) is 4.69. The average molecular weight is 548 g/mol. The van der Waals surface area contributed by atoms with E-state index >= 15 is 0 Å². The molecule has 4 rings (SSSR count). The van der Waals surface area contributed by atoms with E-state index in [9.17, 15) is 23.4 Å². The molecule has 1 unspecified atom stereocenters. The fourth-order valence-electron chi connectivity index (χ4n) is 5.28. The summed E-state index contributed by atoms with van der Waals surface area (Å²) < 4.78 is 51.4. The SMILES string of the molecule is COc1ccc2ncc(N(C)C)c(C(O)CCC3(CO)CCN(CCOc4c(F)cc(F)cc4F)CC3)c2c1. The molecule has 7 nitrogen and oxygen atoms in total. The molecule has 2 heterocycles. The number of aromatic nitrogens is 1. The van der Waals surface area contributed by atoms with Crippen LogP contribution < -0.4 is 14.4 Å². The van der Waals surface area contributed by atoms with Crippen molar-refractivity contribution in [3.8, 4) is 11.5 Å². The molecular formula is C29H36F3N3O4. The van der Waals surface area contributed by atoms with Gasteiger partial charge < -0.3 is 24.6 Å². The number of nitrogens with zero attached hydrogens (tertiary/aromatic N) is 3. The summed E-state index contributed by atoms with van der Waals surface area (Å²) in [6.07, 6.45) is 3.50. The molecule has 0 spiro atoms. The molecule has 2 aromatic carbocycles. The van der Waals surface area contributed by atoms with Gasteiger partial charge in [0.1, 0.15) is 18.2 Å². The van der Waals surface area contributed by atoms with E-state index in [1.807, 2.05) is 37.2 Å². The monoisotopic (exact) mass is 547 g/mol. The Morgan fingerprint density at radius 2 is 1.79 bits per heavy atom. The van der Waals surface area contributed by atoms with E-state index in [1.165, 1.54) is 0 Å². The minimum Gasteiger partial charge on any atom is -0.497 e. The summed E-state index contributed by atoms with van der Waals surface area (Å²) in [5.74, 6) is -3.02. The fourth-order valence-corrected chi connectivity index (χ4v) is 5.28. The molecule has 1 aromatic heterocycles. The third-order valence-corrected chi connectivity index (χ3v) is 7.73. The first-order chi connectivity index (χ1) is 18.7. The van der Waals surface area contributed by atoms with Crippen molar-refractivity contribution in [1.82, 2.24) is 9.88 Å². The van der Waals surface area contributed by atoms with Crippen LogP contribution in [0.5, 0.6) is 11.5 Å². The normalized spacial score (nSPS) is 16.3. The number of methoxy groups -OCH3 is 1. The lowest BCUT2D eigenvalue weighted by molar-refractivity contribution is 0.0203. The van der Waals surface area contributed by atoms with Crippen LogP contribution in [0.25, 0.3) is 10.9 Å². The van der Waals surface area contributed by atoms with Crippen LogP contribution >= 0.6 is 0 Å². The molecule has 3 aromatic rings. The van der Waals surface area contributed by atoms with Crippen LogP contribution in [0.1, 0.15) is 37.4 Å². The molecule has 0 saturated carbocycles. The number of ether oxygens (including phenoxy) is 2. The molecule has 2 N–H and O–H groups in total. The van der Waals surface area contributed by atoms with Gasteiger partial charge in [0.25, 0.3) is 0 Å². The molecule has 212 valence electrons. The van der Waals surface area contributed by atoms with E-state index in [0.29, 0.717) is 63.2 Å². The molecular weight excluding hydrogens is 511 g/mol. The van der Waals surface area contributed by atoms with Gasteiger partial charge >= 0.3 is 0 Å². The van der Waals surface area contributed by atoms with Gasteiger partial charge in [-0.1, -0.05) is 0 Å². The van der Waals surface area contributed by atoms with Crippen LogP contribution in [0, 0.1) is 22.9 Å². The van der Waals surface area contributed by atoms with E-state index in [-0.39, 0.29) is 18.6 Å². The zero-order chi connectivity index (χ0) is 28.2. The summed E-state index contributed by atoms with van der Waals surface area (Å²) in [4.78, 5) is 8.58. The minimum atomic E-state index is -1.07. The molecule has 10 heteroatoms. The van der Waals surface area contributed by atoms with Crippen LogP contribution in [0.15, 0.2) is 36.5 Å². The van der Waals surface area contributed by atoms with Gasteiger partial charge in [-0.3, -0.25) is 9.88 Å². The third kappa shape index (κ3) is 6.57. The van der Waals surface area contributed by atoms with Gasteiger partial charge in [0.05, 0.1) is 30.6 Å². The Bertz CT molecular complexity index is 1260. The van der Waals surface area contributed by atoms with E-state index in [2.05, 4.69) is 9.88 Å². The van der Waals surface area contributed by atoms with Crippen molar-refractivity contribution in [2.45, 2.75) is 31.8 Å². The molecule has 0 bridgehead atoms. The van der Waals surface area contributed by atoms with Gasteiger partial charge in [-0.2, -0.15) is 0 Å². The second-order valence-electron chi connectivity index (χ2n) is 10.4. The van der Waals surface area contributed by atoms with Gasteiger partial charge in [-0.05, 0) is 62.4 Å². The topological polar surface area (TPSA) is 78.3 Å². The van der Waals surface area contributed by atoms with Crippen molar-refractivity contribution >= 4 is 16.6 Å². The Kier molecular flexibility index (Phi) is 9.19. The van der Waals surface area contributed by atoms with Crippen molar-refractivity contribution in [2.75, 3.05) is 59.0 Å². The van der Waals surface area contributed by atoms with Crippen molar-refractivity contribution in [2.24, 2.45) is 5.41 Å². The average Bonchev–Trinajstić information content (AvgIpc) is 2.92. The molecule has 1 atom stereocenters. The number of rotatable bonds is 11. The number of benzene rings is 2. The third-order valence-electron chi connectivity index (χ3n) is 7.73. The summed E-state index contributed by atoms with van der Waals surface area (Å²) in [7, 11) is 5.42. The molecule has 0 aliphatic carbocycles. The standard InChI is InChI=1S/C29H36F3N3O4/c1-34(2)25-17-33-24-5-4-20(38-3)16-21(24)27(25)26(37)6-7-29(18-36)8-10-35(11-9-29)12-13-39-28-22(31)14-19(30)15-23(28)32/h4-5,14-17,26,36-37H,6-13,18H2,1-3H3. The van der Waals surface area contributed by atoms with E-state index in [4.69, 9.17) is 9.47 Å². The second-order valence-corrected chi connectivity index (χ2v) is 10.4. The summed E-state index contributed by atoms with van der Waals surface area (Å²) in [5, 5.41) is 22.6. The van der Waals surface area contributed by atoms with Crippen LogP contribution in [-0.4, -0.2) is 74.2 Å². The Balaban J connectivity index is 1.38. The van der Waals surface area contributed by atoms with E-state index < -0.39 is 29.3 Å². The van der Waals surface area contributed by atoms with E-state index in [0.717, 1.165) is 22.2 Å². The lowest BCUT2D eigenvalue weighted by Gasteiger charge is -2.41. The summed E-state index contributed by atoms with van der Waals surface area (Å²) in [5.41, 5.74) is 2.03. The number of pyridine rings is 1. The van der Waals surface area contributed by atoms with Crippen LogP contribution in [0.2, 0.25) is 0 Å². The summed E-state index contributed by atoms with van der Waals surface area (Å²) >= 11 is 0. The maximum atomic E-state index is 13.8.